The van der Waals surface area contributed by atoms with Crippen LogP contribution < -0.4 is 5.32 Å². The number of likely N-dealkylation sites (tertiary alicyclic amines) is 1. The van der Waals surface area contributed by atoms with Crippen LogP contribution >= 0.6 is 0 Å². The molecule has 2 aromatic rings. The van der Waals surface area contributed by atoms with Crippen LogP contribution in [0.5, 0.6) is 0 Å². The Morgan fingerprint density at radius 1 is 1.19 bits per heavy atom. The number of nitrogens with one attached hydrogen (secondary N) is 1. The van der Waals surface area contributed by atoms with E-state index in [-0.39, 0.29) is 17.8 Å². The van der Waals surface area contributed by atoms with Gasteiger partial charge in [-0.3, -0.25) is 9.69 Å². The van der Waals surface area contributed by atoms with E-state index < -0.39 is 0 Å². The van der Waals surface area contributed by atoms with E-state index in [0.717, 1.165) is 43.1 Å². The average Bonchev–Trinajstić information content (AvgIpc) is 2.95. The van der Waals surface area contributed by atoms with Gasteiger partial charge in [0.2, 0.25) is 5.91 Å². The molecule has 0 saturated carbocycles. The van der Waals surface area contributed by atoms with Gasteiger partial charge in [0.15, 0.2) is 0 Å². The smallest absolute Gasteiger partial charge is 0.242 e. The molecule has 7 heteroatoms. The average molecular weight is 359 g/mol. The minimum Gasteiger partial charge on any atom is -0.353 e. The number of nitrogens with zero attached hydrogens (tertiary/aromatic N) is 4. The number of amides is 1. The molecule has 1 aromatic carbocycles. The zero-order valence-corrected chi connectivity index (χ0v) is 15.4. The van der Waals surface area contributed by atoms with Crippen molar-refractivity contribution in [2.75, 3.05) is 19.6 Å². The van der Waals surface area contributed by atoms with Gasteiger partial charge in [-0.15, -0.1) is 0 Å². The molecule has 26 heavy (non-hydrogen) atoms. The Hall–Kier alpha value is -2.28. The lowest BCUT2D eigenvalue weighted by Crippen LogP contribution is -2.43. The quantitative estimate of drug-likeness (QED) is 0.860. The largest absolute Gasteiger partial charge is 0.353 e. The molecule has 0 bridgehead atoms. The first-order valence-corrected chi connectivity index (χ1v) is 9.20. The number of hydrogen-bond donors (Lipinski definition) is 1. The Bertz CT molecular complexity index is 737. The number of carbonyl (C=O) groups is 1. The van der Waals surface area contributed by atoms with Crippen LogP contribution in [0, 0.1) is 19.7 Å². The highest BCUT2D eigenvalue weighted by Gasteiger charge is 2.28. The lowest BCUT2D eigenvalue weighted by Gasteiger charge is -2.34. The molecular formula is C19H26FN5O. The molecule has 1 saturated heterocycles. The van der Waals surface area contributed by atoms with Gasteiger partial charge in [-0.05, 0) is 57.5 Å². The van der Waals surface area contributed by atoms with Crippen molar-refractivity contribution >= 4 is 5.91 Å². The maximum absolute atomic E-state index is 13.3. The lowest BCUT2D eigenvalue weighted by molar-refractivity contribution is -0.127. The summed E-state index contributed by atoms with van der Waals surface area (Å²) in [6, 6.07) is 5.87. The summed E-state index contributed by atoms with van der Waals surface area (Å²) in [6.07, 6.45) is 3.37. The Morgan fingerprint density at radius 2 is 1.88 bits per heavy atom. The second kappa shape index (κ2) is 8.40. The summed E-state index contributed by atoms with van der Waals surface area (Å²) in [4.78, 5) is 19.4. The lowest BCUT2D eigenvalue weighted by atomic mass is 10.0. The molecule has 3 rings (SSSR count). The fourth-order valence-corrected chi connectivity index (χ4v) is 3.50. The summed E-state index contributed by atoms with van der Waals surface area (Å²) in [5, 5.41) is 7.33. The Kier molecular flexibility index (Phi) is 5.98. The molecule has 1 aliphatic heterocycles. The number of halogens is 1. The molecule has 2 heterocycles. The monoisotopic (exact) mass is 359 g/mol. The topological polar surface area (TPSA) is 63.1 Å². The van der Waals surface area contributed by atoms with Crippen molar-refractivity contribution in [2.24, 2.45) is 0 Å². The highest BCUT2D eigenvalue weighted by atomic mass is 19.1. The van der Waals surface area contributed by atoms with Gasteiger partial charge in [0.05, 0.1) is 6.54 Å². The molecule has 1 N–H and O–H groups in total. The molecule has 0 aliphatic carbocycles. The second-order valence-corrected chi connectivity index (χ2v) is 6.77. The molecular weight excluding hydrogens is 333 g/mol. The molecule has 1 fully saturated rings. The summed E-state index contributed by atoms with van der Waals surface area (Å²) < 4.78 is 15.1. The normalized spacial score (nSPS) is 16.4. The molecule has 1 unspecified atom stereocenters. The maximum Gasteiger partial charge on any atom is 0.242 e. The predicted octanol–water partition coefficient (Wildman–Crippen LogP) is 2.38. The zero-order valence-electron chi connectivity index (χ0n) is 15.4. The molecule has 1 aliphatic rings. The number of carbonyl (C=O) groups excluding carboxylic acids is 1. The third kappa shape index (κ3) is 4.46. The van der Waals surface area contributed by atoms with Gasteiger partial charge < -0.3 is 5.32 Å². The van der Waals surface area contributed by atoms with Gasteiger partial charge in [-0.1, -0.05) is 18.6 Å². The summed E-state index contributed by atoms with van der Waals surface area (Å²) in [5.74, 6) is 1.23. The molecule has 0 radical (unpaired) electrons. The van der Waals surface area contributed by atoms with Gasteiger partial charge in [0, 0.05) is 6.54 Å². The van der Waals surface area contributed by atoms with Gasteiger partial charge in [-0.25, -0.2) is 14.1 Å². The first kappa shape index (κ1) is 18.5. The van der Waals surface area contributed by atoms with E-state index in [9.17, 15) is 9.18 Å². The summed E-state index contributed by atoms with van der Waals surface area (Å²) >= 11 is 0. The van der Waals surface area contributed by atoms with Crippen LogP contribution in [-0.4, -0.2) is 45.2 Å². The van der Waals surface area contributed by atoms with Crippen LogP contribution in [0.2, 0.25) is 0 Å². The first-order chi connectivity index (χ1) is 12.5. The van der Waals surface area contributed by atoms with E-state index in [1.165, 1.54) is 18.6 Å². The van der Waals surface area contributed by atoms with Crippen LogP contribution in [0.4, 0.5) is 4.39 Å². The van der Waals surface area contributed by atoms with Gasteiger partial charge in [-0.2, -0.15) is 5.10 Å². The van der Waals surface area contributed by atoms with Crippen LogP contribution in [0.1, 0.15) is 42.5 Å². The molecule has 0 spiro atoms. The molecule has 1 atom stereocenters. The van der Waals surface area contributed by atoms with Crippen LogP contribution in [0.3, 0.4) is 0 Å². The van der Waals surface area contributed by atoms with Crippen molar-refractivity contribution in [2.45, 2.75) is 45.7 Å². The van der Waals surface area contributed by atoms with Crippen LogP contribution in [0.25, 0.3) is 0 Å². The van der Waals surface area contributed by atoms with E-state index in [0.29, 0.717) is 13.1 Å². The SMILES string of the molecule is Cc1nc(C)n(CCNC(=O)C(c2ccc(F)cc2)N2CCCCC2)n1. The second-order valence-electron chi connectivity index (χ2n) is 6.77. The number of hydrogen-bond acceptors (Lipinski definition) is 4. The number of aromatic nitrogens is 3. The van der Waals surface area contributed by atoms with Gasteiger partial charge >= 0.3 is 0 Å². The number of benzene rings is 1. The van der Waals surface area contributed by atoms with E-state index in [4.69, 9.17) is 0 Å². The van der Waals surface area contributed by atoms with E-state index in [1.54, 1.807) is 16.8 Å². The van der Waals surface area contributed by atoms with Crippen molar-refractivity contribution in [3.63, 3.8) is 0 Å². The summed E-state index contributed by atoms with van der Waals surface area (Å²) in [6.45, 7) is 6.58. The van der Waals surface area contributed by atoms with Crippen molar-refractivity contribution in [3.05, 3.63) is 47.3 Å². The number of piperidine rings is 1. The number of aryl methyl sites for hydroxylation is 2. The van der Waals surface area contributed by atoms with Crippen molar-refractivity contribution in [3.8, 4) is 0 Å². The predicted molar refractivity (Wildman–Crippen MR) is 97.1 cm³/mol. The maximum atomic E-state index is 13.3. The summed E-state index contributed by atoms with van der Waals surface area (Å²) in [5.41, 5.74) is 0.832. The van der Waals surface area contributed by atoms with Crippen molar-refractivity contribution < 1.29 is 9.18 Å². The van der Waals surface area contributed by atoms with Crippen molar-refractivity contribution in [1.29, 1.82) is 0 Å². The third-order valence-electron chi connectivity index (χ3n) is 4.78. The van der Waals surface area contributed by atoms with E-state index >= 15 is 0 Å². The number of rotatable bonds is 6. The van der Waals surface area contributed by atoms with Crippen molar-refractivity contribution in [1.82, 2.24) is 25.0 Å². The Morgan fingerprint density at radius 3 is 2.50 bits per heavy atom. The van der Waals surface area contributed by atoms with E-state index in [2.05, 4.69) is 20.3 Å². The Balaban J connectivity index is 1.67. The van der Waals surface area contributed by atoms with Crippen LogP contribution in [0.15, 0.2) is 24.3 Å². The molecule has 140 valence electrons. The fourth-order valence-electron chi connectivity index (χ4n) is 3.50. The van der Waals surface area contributed by atoms with Crippen LogP contribution in [-0.2, 0) is 11.3 Å². The third-order valence-corrected chi connectivity index (χ3v) is 4.78. The van der Waals surface area contributed by atoms with Gasteiger partial charge in [0.1, 0.15) is 23.5 Å². The molecule has 1 aromatic heterocycles. The highest BCUT2D eigenvalue weighted by molar-refractivity contribution is 5.83. The minimum atomic E-state index is -0.380. The minimum absolute atomic E-state index is 0.0481. The molecule has 6 nitrogen and oxygen atoms in total. The zero-order chi connectivity index (χ0) is 18.5. The Labute approximate surface area is 153 Å². The fraction of sp³-hybridized carbons (Fsp3) is 0.526. The first-order valence-electron chi connectivity index (χ1n) is 9.20. The van der Waals surface area contributed by atoms with Gasteiger partial charge in [0.25, 0.3) is 0 Å². The standard InChI is InChI=1S/C19H26FN5O/c1-14-22-15(2)25(23-14)13-10-21-19(26)18(24-11-4-3-5-12-24)16-6-8-17(20)9-7-16/h6-9,18H,3-5,10-13H2,1-2H3,(H,21,26). The summed E-state index contributed by atoms with van der Waals surface area (Å²) in [7, 11) is 0. The highest BCUT2D eigenvalue weighted by Crippen LogP contribution is 2.25. The molecule has 1 amide bonds. The van der Waals surface area contributed by atoms with E-state index in [1.807, 2.05) is 13.8 Å².